The second-order valence-corrected chi connectivity index (χ2v) is 8.30. The molecule has 0 aliphatic heterocycles. The Labute approximate surface area is 205 Å². The zero-order valence-corrected chi connectivity index (χ0v) is 20.5. The number of carbonyl (C=O) groups excluding carboxylic acids is 1. The summed E-state index contributed by atoms with van der Waals surface area (Å²) in [6, 6.07) is 20.1. The Hall–Kier alpha value is -3.78. The molecule has 1 N–H and O–H groups in total. The Morgan fingerprint density at radius 3 is 2.38 bits per heavy atom. The molecule has 34 heavy (non-hydrogen) atoms. The molecule has 0 aliphatic carbocycles. The van der Waals surface area contributed by atoms with Crippen molar-refractivity contribution in [1.82, 2.24) is 4.98 Å². The van der Waals surface area contributed by atoms with Crippen LogP contribution in [-0.2, 0) is 4.74 Å². The number of rotatable bonds is 7. The number of hydrogen-bond acceptors (Lipinski definition) is 6. The molecule has 8 heteroatoms. The molecule has 0 fully saturated rings. The van der Waals surface area contributed by atoms with Crippen molar-refractivity contribution in [3.05, 3.63) is 83.0 Å². The van der Waals surface area contributed by atoms with Crippen LogP contribution in [0.25, 0.3) is 10.9 Å². The largest absolute Gasteiger partial charge is 0.493 e. The zero-order chi connectivity index (χ0) is 24.1. The molecule has 4 aromatic rings. The van der Waals surface area contributed by atoms with Gasteiger partial charge >= 0.3 is 6.09 Å². The number of ether oxygens (including phenoxy) is 4. The first-order valence-electron chi connectivity index (χ1n) is 10.5. The molecular weight excluding hydrogens is 500 g/mol. The predicted molar refractivity (Wildman–Crippen MR) is 134 cm³/mol. The second-order valence-electron chi connectivity index (χ2n) is 7.39. The maximum atomic E-state index is 12.3. The molecule has 1 unspecified atom stereocenters. The highest BCUT2D eigenvalue weighted by Crippen LogP contribution is 2.37. The van der Waals surface area contributed by atoms with Gasteiger partial charge in [-0.2, -0.15) is 0 Å². The fraction of sp³-hybridized carbons (Fsp3) is 0.154. The quantitative estimate of drug-likeness (QED) is 0.278. The summed E-state index contributed by atoms with van der Waals surface area (Å²) in [5, 5.41) is 3.52. The topological polar surface area (TPSA) is 78.9 Å². The van der Waals surface area contributed by atoms with E-state index in [1.807, 2.05) is 37.3 Å². The highest BCUT2D eigenvalue weighted by atomic mass is 79.9. The molecule has 0 saturated heterocycles. The Morgan fingerprint density at radius 1 is 0.941 bits per heavy atom. The number of aromatic nitrogens is 1. The van der Waals surface area contributed by atoms with Crippen LogP contribution < -0.4 is 19.5 Å². The van der Waals surface area contributed by atoms with Gasteiger partial charge in [0.15, 0.2) is 11.5 Å². The van der Waals surface area contributed by atoms with Crippen LogP contribution in [0, 0.1) is 0 Å². The van der Waals surface area contributed by atoms with Gasteiger partial charge in [0.25, 0.3) is 0 Å². The second kappa shape index (κ2) is 10.4. The van der Waals surface area contributed by atoms with E-state index in [1.54, 1.807) is 56.8 Å². The summed E-state index contributed by atoms with van der Waals surface area (Å²) >= 11 is 3.42. The maximum absolute atomic E-state index is 12.3. The molecule has 174 valence electrons. The van der Waals surface area contributed by atoms with Gasteiger partial charge in [0.05, 0.1) is 19.7 Å². The number of nitrogens with zero attached hydrogens (tertiary/aromatic N) is 1. The average Bonchev–Trinajstić information content (AvgIpc) is 2.84. The molecule has 0 bridgehead atoms. The SMILES string of the molecule is COc1cc2nccc(Oc3ccc(NC(=O)OC(C)c4cccc(Br)c4)cc3)c2cc1OC. The molecule has 1 heterocycles. The van der Waals surface area contributed by atoms with E-state index in [-0.39, 0.29) is 0 Å². The standard InChI is InChI=1S/C26H23BrN2O5/c1-16(17-5-4-6-18(27)13-17)33-26(30)29-19-7-9-20(10-8-19)34-23-11-12-28-22-15-25(32-3)24(31-2)14-21(22)23/h4-16H,1-3H3,(H,29,30). The molecule has 1 aromatic heterocycles. The number of carbonyl (C=O) groups is 1. The summed E-state index contributed by atoms with van der Waals surface area (Å²) in [7, 11) is 3.16. The van der Waals surface area contributed by atoms with Crippen molar-refractivity contribution in [2.24, 2.45) is 0 Å². The van der Waals surface area contributed by atoms with Gasteiger partial charge in [-0.1, -0.05) is 28.1 Å². The number of halogens is 1. The Balaban J connectivity index is 1.44. The molecule has 0 radical (unpaired) electrons. The van der Waals surface area contributed by atoms with Crippen LogP contribution in [0.1, 0.15) is 18.6 Å². The van der Waals surface area contributed by atoms with E-state index in [0.29, 0.717) is 28.7 Å². The van der Waals surface area contributed by atoms with Crippen molar-refractivity contribution in [3.63, 3.8) is 0 Å². The molecule has 7 nitrogen and oxygen atoms in total. The zero-order valence-electron chi connectivity index (χ0n) is 18.9. The van der Waals surface area contributed by atoms with Crippen LogP contribution in [-0.4, -0.2) is 25.3 Å². The van der Waals surface area contributed by atoms with Gasteiger partial charge in [-0.3, -0.25) is 10.3 Å². The summed E-state index contributed by atoms with van der Waals surface area (Å²) < 4.78 is 23.2. The number of benzene rings is 3. The Morgan fingerprint density at radius 2 is 1.68 bits per heavy atom. The third-order valence-corrected chi connectivity index (χ3v) is 5.63. The lowest BCUT2D eigenvalue weighted by molar-refractivity contribution is 0.121. The minimum atomic E-state index is -0.540. The molecule has 1 atom stereocenters. The summed E-state index contributed by atoms with van der Waals surface area (Å²) in [5.41, 5.74) is 2.20. The molecular formula is C26H23BrN2O5. The number of anilines is 1. The normalized spacial score (nSPS) is 11.5. The smallest absolute Gasteiger partial charge is 0.412 e. The summed E-state index contributed by atoms with van der Waals surface area (Å²) in [4.78, 5) is 16.7. The van der Waals surface area contributed by atoms with E-state index in [1.165, 1.54) is 0 Å². The molecule has 0 aliphatic rings. The Kier molecular flexibility index (Phi) is 7.18. The first-order chi connectivity index (χ1) is 16.5. The number of amides is 1. The first kappa shape index (κ1) is 23.4. The summed E-state index contributed by atoms with van der Waals surface area (Å²) in [6.07, 6.45) is 0.736. The average molecular weight is 523 g/mol. The predicted octanol–water partition coefficient (Wildman–Crippen LogP) is 7.12. The highest BCUT2D eigenvalue weighted by Gasteiger charge is 2.13. The monoisotopic (exact) mass is 522 g/mol. The number of methoxy groups -OCH3 is 2. The fourth-order valence-corrected chi connectivity index (χ4v) is 3.82. The van der Waals surface area contributed by atoms with Crippen LogP contribution >= 0.6 is 15.9 Å². The van der Waals surface area contributed by atoms with Gasteiger partial charge < -0.3 is 18.9 Å². The summed E-state index contributed by atoms with van der Waals surface area (Å²) in [5.74, 6) is 2.40. The minimum absolute atomic E-state index is 0.393. The molecule has 0 spiro atoms. The van der Waals surface area contributed by atoms with E-state index in [9.17, 15) is 4.79 Å². The van der Waals surface area contributed by atoms with Crippen molar-refractivity contribution in [3.8, 4) is 23.0 Å². The number of hydrogen-bond donors (Lipinski definition) is 1. The van der Waals surface area contributed by atoms with Crippen molar-refractivity contribution in [2.45, 2.75) is 13.0 Å². The number of fused-ring (bicyclic) bond motifs is 1. The molecule has 0 saturated carbocycles. The highest BCUT2D eigenvalue weighted by molar-refractivity contribution is 9.10. The summed E-state index contributed by atoms with van der Waals surface area (Å²) in [6.45, 7) is 1.82. The fourth-order valence-electron chi connectivity index (χ4n) is 3.41. The first-order valence-corrected chi connectivity index (χ1v) is 11.3. The molecule has 3 aromatic carbocycles. The van der Waals surface area contributed by atoms with Crippen LogP contribution in [0.2, 0.25) is 0 Å². The maximum Gasteiger partial charge on any atom is 0.412 e. The van der Waals surface area contributed by atoms with Crippen LogP contribution in [0.4, 0.5) is 10.5 Å². The third-order valence-electron chi connectivity index (χ3n) is 5.14. The van der Waals surface area contributed by atoms with Gasteiger partial charge in [0.2, 0.25) is 0 Å². The molecule has 4 rings (SSSR count). The van der Waals surface area contributed by atoms with E-state index in [0.717, 1.165) is 20.9 Å². The van der Waals surface area contributed by atoms with Crippen LogP contribution in [0.3, 0.4) is 0 Å². The Bertz CT molecular complexity index is 1310. The van der Waals surface area contributed by atoms with Gasteiger partial charge in [-0.05, 0) is 61.0 Å². The van der Waals surface area contributed by atoms with E-state index >= 15 is 0 Å². The lowest BCUT2D eigenvalue weighted by atomic mass is 10.1. The number of nitrogens with one attached hydrogen (secondary N) is 1. The van der Waals surface area contributed by atoms with Gasteiger partial charge in [0, 0.05) is 27.8 Å². The minimum Gasteiger partial charge on any atom is -0.493 e. The van der Waals surface area contributed by atoms with E-state index < -0.39 is 12.2 Å². The molecule has 1 amide bonds. The van der Waals surface area contributed by atoms with E-state index in [4.69, 9.17) is 18.9 Å². The van der Waals surface area contributed by atoms with Crippen molar-refractivity contribution >= 4 is 38.6 Å². The lowest BCUT2D eigenvalue weighted by Gasteiger charge is -2.15. The van der Waals surface area contributed by atoms with E-state index in [2.05, 4.69) is 26.2 Å². The van der Waals surface area contributed by atoms with Gasteiger partial charge in [-0.25, -0.2) is 4.79 Å². The van der Waals surface area contributed by atoms with Gasteiger partial charge in [-0.15, -0.1) is 0 Å². The van der Waals surface area contributed by atoms with Crippen molar-refractivity contribution < 1.29 is 23.7 Å². The van der Waals surface area contributed by atoms with Crippen LogP contribution in [0.15, 0.2) is 77.4 Å². The van der Waals surface area contributed by atoms with Crippen molar-refractivity contribution in [2.75, 3.05) is 19.5 Å². The van der Waals surface area contributed by atoms with Crippen LogP contribution in [0.5, 0.6) is 23.0 Å². The van der Waals surface area contributed by atoms with Gasteiger partial charge in [0.1, 0.15) is 17.6 Å². The van der Waals surface area contributed by atoms with Crippen molar-refractivity contribution in [1.29, 1.82) is 0 Å². The third kappa shape index (κ3) is 5.40. The lowest BCUT2D eigenvalue weighted by Crippen LogP contribution is -2.16. The number of pyridine rings is 1.